The molecule has 0 unspecified atom stereocenters. The fourth-order valence-electron chi connectivity index (χ4n) is 3.66. The zero-order valence-corrected chi connectivity index (χ0v) is 17.4. The maximum atomic E-state index is 12.7. The Balaban J connectivity index is 1.37. The first-order valence-electron chi connectivity index (χ1n) is 9.60. The van der Waals surface area contributed by atoms with Crippen LogP contribution in [0.15, 0.2) is 42.3 Å². The van der Waals surface area contributed by atoms with Crippen molar-refractivity contribution in [3.05, 3.63) is 48.0 Å². The average Bonchev–Trinajstić information content (AvgIpc) is 3.46. The number of rotatable bonds is 6. The van der Waals surface area contributed by atoms with E-state index < -0.39 is 0 Å². The molecule has 152 valence electrons. The van der Waals surface area contributed by atoms with Crippen LogP contribution in [0.3, 0.4) is 0 Å². The largest absolute Gasteiger partial charge is 0.493 e. The smallest absolute Gasteiger partial charge is 0.228 e. The SMILES string of the molecule is COc1ccc(-c2nc(CC(=O)N3CCC(n4ccnc4)CC3)cs2)cc1OC. The molecule has 1 fully saturated rings. The van der Waals surface area contributed by atoms with Crippen molar-refractivity contribution in [3.8, 4) is 22.1 Å². The third-order valence-electron chi connectivity index (χ3n) is 5.28. The van der Waals surface area contributed by atoms with E-state index in [4.69, 9.17) is 9.47 Å². The van der Waals surface area contributed by atoms with E-state index in [2.05, 4.69) is 14.5 Å². The number of carbonyl (C=O) groups is 1. The van der Waals surface area contributed by atoms with Crippen molar-refractivity contribution in [1.82, 2.24) is 19.4 Å². The number of piperidine rings is 1. The number of hydrogen-bond acceptors (Lipinski definition) is 6. The molecule has 1 amide bonds. The first-order chi connectivity index (χ1) is 14.2. The van der Waals surface area contributed by atoms with Crippen LogP contribution in [0, 0.1) is 0 Å². The van der Waals surface area contributed by atoms with Crippen LogP contribution in [-0.4, -0.2) is 52.7 Å². The Morgan fingerprint density at radius 2 is 2.00 bits per heavy atom. The summed E-state index contributed by atoms with van der Waals surface area (Å²) < 4.78 is 12.8. The number of aromatic nitrogens is 3. The van der Waals surface area contributed by atoms with Gasteiger partial charge in [-0.25, -0.2) is 9.97 Å². The topological polar surface area (TPSA) is 69.5 Å². The molecule has 7 nitrogen and oxygen atoms in total. The molecule has 0 saturated carbocycles. The van der Waals surface area contributed by atoms with Gasteiger partial charge in [-0.3, -0.25) is 4.79 Å². The van der Waals surface area contributed by atoms with Gasteiger partial charge in [0.05, 0.1) is 32.7 Å². The molecule has 1 aliphatic heterocycles. The number of carbonyl (C=O) groups excluding carboxylic acids is 1. The monoisotopic (exact) mass is 412 g/mol. The number of thiazole rings is 1. The van der Waals surface area contributed by atoms with Crippen LogP contribution in [0.4, 0.5) is 0 Å². The lowest BCUT2D eigenvalue weighted by Gasteiger charge is -2.32. The van der Waals surface area contributed by atoms with Gasteiger partial charge in [0, 0.05) is 42.5 Å². The summed E-state index contributed by atoms with van der Waals surface area (Å²) in [6, 6.07) is 6.15. The average molecular weight is 413 g/mol. The van der Waals surface area contributed by atoms with Gasteiger partial charge in [0.2, 0.25) is 5.91 Å². The molecule has 8 heteroatoms. The van der Waals surface area contributed by atoms with Crippen LogP contribution in [0.25, 0.3) is 10.6 Å². The Morgan fingerprint density at radius 3 is 2.69 bits per heavy atom. The van der Waals surface area contributed by atoms with Crippen molar-refractivity contribution in [2.24, 2.45) is 0 Å². The van der Waals surface area contributed by atoms with Crippen LogP contribution in [0.1, 0.15) is 24.6 Å². The van der Waals surface area contributed by atoms with Crippen molar-refractivity contribution < 1.29 is 14.3 Å². The van der Waals surface area contributed by atoms with E-state index in [1.807, 2.05) is 41.0 Å². The second-order valence-corrected chi connectivity index (χ2v) is 7.87. The highest BCUT2D eigenvalue weighted by Crippen LogP contribution is 2.33. The van der Waals surface area contributed by atoms with Crippen molar-refractivity contribution in [2.45, 2.75) is 25.3 Å². The molecule has 1 saturated heterocycles. The number of hydrogen-bond donors (Lipinski definition) is 0. The first kappa shape index (κ1) is 19.4. The van der Waals surface area contributed by atoms with E-state index in [0.717, 1.165) is 42.2 Å². The number of likely N-dealkylation sites (tertiary alicyclic amines) is 1. The van der Waals surface area contributed by atoms with E-state index in [0.29, 0.717) is 24.0 Å². The lowest BCUT2D eigenvalue weighted by Crippen LogP contribution is -2.39. The second-order valence-electron chi connectivity index (χ2n) is 7.01. The number of nitrogens with zero attached hydrogens (tertiary/aromatic N) is 4. The van der Waals surface area contributed by atoms with E-state index in [1.165, 1.54) is 11.3 Å². The Kier molecular flexibility index (Phi) is 5.80. The van der Waals surface area contributed by atoms with Crippen molar-refractivity contribution in [2.75, 3.05) is 27.3 Å². The standard InChI is InChI=1S/C21H24N4O3S/c1-27-18-4-3-15(11-19(18)28-2)21-23-16(13-29-21)12-20(26)24-8-5-17(6-9-24)25-10-7-22-14-25/h3-4,7,10-11,13-14,17H,5-6,8-9,12H2,1-2H3. The summed E-state index contributed by atoms with van der Waals surface area (Å²) in [5.41, 5.74) is 1.76. The van der Waals surface area contributed by atoms with Crippen LogP contribution in [-0.2, 0) is 11.2 Å². The molecule has 0 bridgehead atoms. The van der Waals surface area contributed by atoms with Gasteiger partial charge >= 0.3 is 0 Å². The lowest BCUT2D eigenvalue weighted by molar-refractivity contribution is -0.131. The Bertz CT molecular complexity index is 962. The van der Waals surface area contributed by atoms with Crippen LogP contribution < -0.4 is 9.47 Å². The third-order valence-corrected chi connectivity index (χ3v) is 6.22. The number of amides is 1. The minimum Gasteiger partial charge on any atom is -0.493 e. The Morgan fingerprint density at radius 1 is 1.21 bits per heavy atom. The molecule has 3 aromatic rings. The molecule has 29 heavy (non-hydrogen) atoms. The van der Waals surface area contributed by atoms with Gasteiger partial charge in [0.25, 0.3) is 0 Å². The zero-order chi connectivity index (χ0) is 20.2. The van der Waals surface area contributed by atoms with Crippen LogP contribution in [0.2, 0.25) is 0 Å². The lowest BCUT2D eigenvalue weighted by atomic mass is 10.0. The van der Waals surface area contributed by atoms with Crippen molar-refractivity contribution in [3.63, 3.8) is 0 Å². The summed E-state index contributed by atoms with van der Waals surface area (Å²) in [5.74, 6) is 1.49. The normalized spacial score (nSPS) is 14.8. The van der Waals surface area contributed by atoms with Crippen molar-refractivity contribution >= 4 is 17.2 Å². The predicted octanol–water partition coefficient (Wildman–Crippen LogP) is 3.43. The summed E-state index contributed by atoms with van der Waals surface area (Å²) in [4.78, 5) is 23.5. The zero-order valence-electron chi connectivity index (χ0n) is 16.6. The quantitative estimate of drug-likeness (QED) is 0.620. The third kappa shape index (κ3) is 4.27. The Labute approximate surface area is 173 Å². The summed E-state index contributed by atoms with van der Waals surface area (Å²) in [6.07, 6.45) is 7.89. The molecule has 4 rings (SSSR count). The number of imidazole rings is 1. The maximum Gasteiger partial charge on any atom is 0.228 e. The number of methoxy groups -OCH3 is 2. The van der Waals surface area contributed by atoms with E-state index in [-0.39, 0.29) is 5.91 Å². The second kappa shape index (κ2) is 8.65. The van der Waals surface area contributed by atoms with Gasteiger partial charge in [-0.2, -0.15) is 0 Å². The number of ether oxygens (including phenoxy) is 2. The minimum absolute atomic E-state index is 0.137. The molecule has 0 radical (unpaired) electrons. The highest BCUT2D eigenvalue weighted by Gasteiger charge is 2.24. The summed E-state index contributed by atoms with van der Waals surface area (Å²) in [6.45, 7) is 1.54. The predicted molar refractivity (Wildman–Crippen MR) is 111 cm³/mol. The van der Waals surface area contributed by atoms with E-state index in [1.54, 1.807) is 20.4 Å². The van der Waals surface area contributed by atoms with Crippen LogP contribution in [0.5, 0.6) is 11.5 Å². The van der Waals surface area contributed by atoms with E-state index in [9.17, 15) is 4.79 Å². The maximum absolute atomic E-state index is 12.7. The van der Waals surface area contributed by atoms with Gasteiger partial charge in [0.15, 0.2) is 11.5 Å². The molecular formula is C21H24N4O3S. The molecule has 0 aliphatic carbocycles. The van der Waals surface area contributed by atoms with Gasteiger partial charge in [-0.15, -0.1) is 11.3 Å². The van der Waals surface area contributed by atoms with Gasteiger partial charge in [-0.1, -0.05) is 0 Å². The molecule has 0 N–H and O–H groups in total. The van der Waals surface area contributed by atoms with Gasteiger partial charge < -0.3 is 18.9 Å². The van der Waals surface area contributed by atoms with Crippen LogP contribution >= 0.6 is 11.3 Å². The fourth-order valence-corrected chi connectivity index (χ4v) is 4.47. The molecule has 1 aromatic carbocycles. The number of benzene rings is 1. The summed E-state index contributed by atoms with van der Waals surface area (Å²) in [5, 5.41) is 2.83. The molecule has 0 atom stereocenters. The molecule has 1 aliphatic rings. The molecule has 0 spiro atoms. The molecular weight excluding hydrogens is 388 g/mol. The minimum atomic E-state index is 0.137. The summed E-state index contributed by atoms with van der Waals surface area (Å²) in [7, 11) is 3.23. The fraction of sp³-hybridized carbons (Fsp3) is 0.381. The van der Waals surface area contributed by atoms with Gasteiger partial charge in [0.1, 0.15) is 5.01 Å². The first-order valence-corrected chi connectivity index (χ1v) is 10.5. The molecule has 2 aromatic heterocycles. The van der Waals surface area contributed by atoms with Gasteiger partial charge in [-0.05, 0) is 31.0 Å². The molecule has 3 heterocycles. The summed E-state index contributed by atoms with van der Waals surface area (Å²) >= 11 is 1.53. The highest BCUT2D eigenvalue weighted by molar-refractivity contribution is 7.13. The van der Waals surface area contributed by atoms with Crippen molar-refractivity contribution in [1.29, 1.82) is 0 Å². The highest BCUT2D eigenvalue weighted by atomic mass is 32.1. The van der Waals surface area contributed by atoms with E-state index >= 15 is 0 Å². The Hall–Kier alpha value is -2.87.